The lowest BCUT2D eigenvalue weighted by Crippen LogP contribution is -2.49. The van der Waals surface area contributed by atoms with E-state index in [-0.39, 0.29) is 13.2 Å². The Morgan fingerprint density at radius 2 is 1.69 bits per heavy atom. The number of aliphatic hydroxyl groups excluding tert-OH is 1. The van der Waals surface area contributed by atoms with E-state index in [0.717, 1.165) is 44.5 Å². The van der Waals surface area contributed by atoms with Gasteiger partial charge in [0.25, 0.3) is 10.1 Å². The number of para-hydroxylation sites is 1. The highest BCUT2D eigenvalue weighted by molar-refractivity contribution is 7.85. The van der Waals surface area contributed by atoms with Crippen molar-refractivity contribution in [2.45, 2.75) is 19.0 Å². The van der Waals surface area contributed by atoms with E-state index in [1.54, 1.807) is 6.92 Å². The molecule has 6 nitrogen and oxygen atoms in total. The molecule has 4 aromatic rings. The largest absolute Gasteiger partial charge is 0.456 e. The molecule has 0 radical (unpaired) electrons. The van der Waals surface area contributed by atoms with Crippen molar-refractivity contribution in [3.8, 4) is 0 Å². The van der Waals surface area contributed by atoms with Crippen LogP contribution >= 0.6 is 0 Å². The summed E-state index contributed by atoms with van der Waals surface area (Å²) in [6.45, 7) is 1.71. The number of rotatable bonds is 7. The molecule has 0 aliphatic heterocycles. The third-order valence-electron chi connectivity index (χ3n) is 5.12. The Morgan fingerprint density at radius 1 is 1.03 bits per heavy atom. The molecule has 7 heteroatoms. The molecule has 1 unspecified atom stereocenters. The zero-order valence-corrected chi connectivity index (χ0v) is 17.1. The summed E-state index contributed by atoms with van der Waals surface area (Å²) in [6, 6.07) is 18.1. The van der Waals surface area contributed by atoms with Gasteiger partial charge in [-0.1, -0.05) is 42.5 Å². The van der Waals surface area contributed by atoms with Crippen LogP contribution in [0.15, 0.2) is 59.0 Å². The minimum Gasteiger partial charge on any atom is -0.456 e. The summed E-state index contributed by atoms with van der Waals surface area (Å²) < 4.78 is 33.6. The molecule has 152 valence electrons. The van der Waals surface area contributed by atoms with Crippen molar-refractivity contribution in [1.29, 1.82) is 0 Å². The van der Waals surface area contributed by atoms with Gasteiger partial charge in [-0.3, -0.25) is 4.18 Å². The summed E-state index contributed by atoms with van der Waals surface area (Å²) in [5.41, 5.74) is 1.71. The van der Waals surface area contributed by atoms with E-state index in [0.29, 0.717) is 6.54 Å². The van der Waals surface area contributed by atoms with Crippen LogP contribution in [-0.4, -0.2) is 38.5 Å². The van der Waals surface area contributed by atoms with Gasteiger partial charge in [-0.05, 0) is 35.4 Å². The van der Waals surface area contributed by atoms with Crippen molar-refractivity contribution in [3.05, 3.63) is 60.2 Å². The minimum atomic E-state index is -3.59. The van der Waals surface area contributed by atoms with Gasteiger partial charge in [-0.25, -0.2) is 0 Å². The Hall–Kier alpha value is -2.45. The van der Waals surface area contributed by atoms with E-state index < -0.39 is 15.7 Å². The van der Waals surface area contributed by atoms with Crippen molar-refractivity contribution in [3.63, 3.8) is 0 Å². The van der Waals surface area contributed by atoms with Crippen LogP contribution in [0.25, 0.3) is 32.7 Å². The summed E-state index contributed by atoms with van der Waals surface area (Å²) in [6.07, 6.45) is 0.994. The maximum absolute atomic E-state index is 11.3. The molecule has 0 fully saturated rings. The number of fused-ring (bicyclic) bond motifs is 5. The molecule has 3 aromatic carbocycles. The Morgan fingerprint density at radius 3 is 2.38 bits per heavy atom. The Kier molecular flexibility index (Phi) is 5.08. The first-order valence-corrected chi connectivity index (χ1v) is 11.1. The summed E-state index contributed by atoms with van der Waals surface area (Å²) in [5, 5.41) is 17.3. The van der Waals surface area contributed by atoms with Crippen LogP contribution in [0.4, 0.5) is 0 Å². The summed E-state index contributed by atoms with van der Waals surface area (Å²) in [4.78, 5) is 0. The van der Waals surface area contributed by atoms with E-state index in [4.69, 9.17) is 8.60 Å². The van der Waals surface area contributed by atoms with Crippen LogP contribution in [0.2, 0.25) is 0 Å². The first-order chi connectivity index (χ1) is 13.8. The van der Waals surface area contributed by atoms with Crippen LogP contribution in [0.5, 0.6) is 0 Å². The first-order valence-electron chi connectivity index (χ1n) is 9.32. The maximum Gasteiger partial charge on any atom is 0.264 e. The fraction of sp³-hybridized carbons (Fsp3) is 0.273. The van der Waals surface area contributed by atoms with Crippen molar-refractivity contribution < 1.29 is 22.1 Å². The van der Waals surface area contributed by atoms with Gasteiger partial charge < -0.3 is 14.8 Å². The lowest BCUT2D eigenvalue weighted by molar-refractivity contribution is 0.118. The monoisotopic (exact) mass is 413 g/mol. The fourth-order valence-corrected chi connectivity index (χ4v) is 3.98. The van der Waals surface area contributed by atoms with E-state index in [1.807, 2.05) is 36.4 Å². The van der Waals surface area contributed by atoms with Crippen LogP contribution in [0.3, 0.4) is 0 Å². The fourth-order valence-electron chi connectivity index (χ4n) is 3.51. The Bertz CT molecular complexity index is 1290. The smallest absolute Gasteiger partial charge is 0.264 e. The normalized spacial score (nSPS) is 14.6. The topological polar surface area (TPSA) is 88.8 Å². The van der Waals surface area contributed by atoms with E-state index in [9.17, 15) is 13.5 Å². The van der Waals surface area contributed by atoms with Gasteiger partial charge in [-0.2, -0.15) is 8.42 Å². The molecule has 4 rings (SSSR count). The molecule has 0 spiro atoms. The predicted octanol–water partition coefficient (Wildman–Crippen LogP) is 3.56. The molecule has 0 aliphatic carbocycles. The Balaban J connectivity index is 1.74. The number of nitrogens with one attached hydrogen (secondary N) is 1. The average molecular weight is 413 g/mol. The molecule has 0 saturated heterocycles. The second-order valence-electron chi connectivity index (χ2n) is 7.59. The molecular weight excluding hydrogens is 390 g/mol. The SMILES string of the molecule is CC(CO)(COS(C)(=O)=O)NCc1cc2oc3ccccc3c2c2ccccc12. The number of aliphatic hydroxyl groups is 1. The van der Waals surface area contributed by atoms with E-state index >= 15 is 0 Å². The highest BCUT2D eigenvalue weighted by Gasteiger charge is 2.26. The van der Waals surface area contributed by atoms with E-state index in [2.05, 4.69) is 23.5 Å². The zero-order valence-electron chi connectivity index (χ0n) is 16.3. The second-order valence-corrected chi connectivity index (χ2v) is 9.24. The molecule has 2 N–H and O–H groups in total. The van der Waals surface area contributed by atoms with Gasteiger partial charge in [0.1, 0.15) is 11.2 Å². The summed E-state index contributed by atoms with van der Waals surface area (Å²) >= 11 is 0. The number of hydrogen-bond acceptors (Lipinski definition) is 6. The first kappa shape index (κ1) is 19.8. The Labute approximate surface area is 169 Å². The molecule has 1 aromatic heterocycles. The molecular formula is C22H23NO5S. The molecule has 0 amide bonds. The van der Waals surface area contributed by atoms with Crippen LogP contribution in [0.1, 0.15) is 12.5 Å². The highest BCUT2D eigenvalue weighted by Crippen LogP contribution is 2.36. The van der Waals surface area contributed by atoms with Gasteiger partial charge >= 0.3 is 0 Å². The lowest BCUT2D eigenvalue weighted by atomic mass is 9.98. The molecule has 1 heterocycles. The second kappa shape index (κ2) is 7.42. The third-order valence-corrected chi connectivity index (χ3v) is 5.66. The van der Waals surface area contributed by atoms with Gasteiger partial charge in [0.05, 0.1) is 25.0 Å². The molecule has 29 heavy (non-hydrogen) atoms. The van der Waals surface area contributed by atoms with Gasteiger partial charge in [0.2, 0.25) is 0 Å². The van der Waals surface area contributed by atoms with Crippen molar-refractivity contribution in [2.24, 2.45) is 0 Å². The van der Waals surface area contributed by atoms with Crippen LogP contribution in [0, 0.1) is 0 Å². The molecule has 0 saturated carbocycles. The number of benzene rings is 3. The lowest BCUT2D eigenvalue weighted by Gasteiger charge is -2.28. The van der Waals surface area contributed by atoms with Crippen molar-refractivity contribution in [1.82, 2.24) is 5.32 Å². The molecule has 0 bridgehead atoms. The van der Waals surface area contributed by atoms with Crippen molar-refractivity contribution >= 4 is 42.8 Å². The maximum atomic E-state index is 11.3. The van der Waals surface area contributed by atoms with E-state index in [1.165, 1.54) is 0 Å². The van der Waals surface area contributed by atoms with Gasteiger partial charge in [-0.15, -0.1) is 0 Å². The standard InChI is InChI=1S/C22H23NO5S/c1-22(13-24,14-27-29(2,25)26)23-12-15-11-20-21(17-8-4-3-7-16(15)17)18-9-5-6-10-19(18)28-20/h3-11,23-24H,12-14H2,1-2H3. The quantitative estimate of drug-likeness (QED) is 0.451. The minimum absolute atomic E-state index is 0.160. The molecule has 1 atom stereocenters. The average Bonchev–Trinajstić information content (AvgIpc) is 3.08. The van der Waals surface area contributed by atoms with Crippen LogP contribution < -0.4 is 5.32 Å². The van der Waals surface area contributed by atoms with Gasteiger partial charge in [0.15, 0.2) is 0 Å². The third kappa shape index (κ3) is 4.00. The summed E-state index contributed by atoms with van der Waals surface area (Å²) in [5.74, 6) is 0. The van der Waals surface area contributed by atoms with Gasteiger partial charge in [0, 0.05) is 17.3 Å². The highest BCUT2D eigenvalue weighted by atomic mass is 32.2. The van der Waals surface area contributed by atoms with Crippen molar-refractivity contribution in [2.75, 3.05) is 19.5 Å². The predicted molar refractivity (Wildman–Crippen MR) is 114 cm³/mol. The summed E-state index contributed by atoms with van der Waals surface area (Å²) in [7, 11) is -3.59. The number of furan rings is 1. The van der Waals surface area contributed by atoms with Crippen LogP contribution in [-0.2, 0) is 20.8 Å². The molecule has 0 aliphatic rings. The zero-order chi connectivity index (χ0) is 20.6. The number of hydrogen-bond donors (Lipinski definition) is 2.